The van der Waals surface area contributed by atoms with Gasteiger partial charge >= 0.3 is 0 Å². The molecule has 0 bridgehead atoms. The summed E-state index contributed by atoms with van der Waals surface area (Å²) in [6.07, 6.45) is 7.46. The highest BCUT2D eigenvalue weighted by Gasteiger charge is 2.30. The van der Waals surface area contributed by atoms with Gasteiger partial charge in [0, 0.05) is 29.7 Å². The van der Waals surface area contributed by atoms with Gasteiger partial charge in [-0.3, -0.25) is 4.90 Å². The summed E-state index contributed by atoms with van der Waals surface area (Å²) < 4.78 is 33.6. The lowest BCUT2D eigenvalue weighted by atomic mass is 9.94. The Morgan fingerprint density at radius 3 is 2.72 bits per heavy atom. The number of methoxy groups -OCH3 is 1. The second kappa shape index (κ2) is 7.04. The molecule has 0 radical (unpaired) electrons. The molecule has 29 heavy (non-hydrogen) atoms. The molecule has 0 aliphatic carbocycles. The lowest BCUT2D eigenvalue weighted by Crippen LogP contribution is -2.32. The molecule has 1 atom stereocenters. The number of fused-ring (bicyclic) bond motifs is 2. The highest BCUT2D eigenvalue weighted by molar-refractivity contribution is 7.90. The van der Waals surface area contributed by atoms with Crippen molar-refractivity contribution in [1.82, 2.24) is 8.87 Å². The monoisotopic (exact) mass is 408 g/mol. The van der Waals surface area contributed by atoms with Gasteiger partial charge in [0.25, 0.3) is 10.0 Å². The number of nitrogens with zero attached hydrogens (tertiary/aromatic N) is 2. The van der Waals surface area contributed by atoms with E-state index >= 15 is 0 Å². The van der Waals surface area contributed by atoms with Crippen LogP contribution in [0.25, 0.3) is 16.5 Å². The Morgan fingerprint density at radius 1 is 1.10 bits per heavy atom. The molecule has 0 unspecified atom stereocenters. The summed E-state index contributed by atoms with van der Waals surface area (Å²) in [5, 5.41) is 0.918. The van der Waals surface area contributed by atoms with Crippen LogP contribution in [0.3, 0.4) is 0 Å². The van der Waals surface area contributed by atoms with Gasteiger partial charge in [-0.2, -0.15) is 0 Å². The van der Waals surface area contributed by atoms with Crippen molar-refractivity contribution in [3.63, 3.8) is 0 Å². The molecular formula is C23H24N2O3S. The van der Waals surface area contributed by atoms with E-state index in [1.807, 2.05) is 24.3 Å². The molecule has 3 aromatic rings. The number of ether oxygens (including phenoxy) is 1. The summed E-state index contributed by atoms with van der Waals surface area (Å²) in [5.41, 5.74) is 2.90. The van der Waals surface area contributed by atoms with Crippen LogP contribution < -0.4 is 4.74 Å². The second-order valence-electron chi connectivity index (χ2n) is 7.76. The van der Waals surface area contributed by atoms with Crippen LogP contribution >= 0.6 is 0 Å². The van der Waals surface area contributed by atoms with Gasteiger partial charge in [-0.25, -0.2) is 12.4 Å². The van der Waals surface area contributed by atoms with Crippen molar-refractivity contribution in [2.24, 2.45) is 0 Å². The summed E-state index contributed by atoms with van der Waals surface area (Å²) in [5.74, 6) is 0.729. The molecule has 2 aromatic carbocycles. The number of rotatable bonds is 4. The minimum absolute atomic E-state index is 0.291. The fourth-order valence-electron chi connectivity index (χ4n) is 4.62. The average Bonchev–Trinajstić information content (AvgIpc) is 3.38. The highest BCUT2D eigenvalue weighted by atomic mass is 32.2. The molecule has 6 heteroatoms. The number of hydrogen-bond donors (Lipinski definition) is 0. The van der Waals surface area contributed by atoms with E-state index < -0.39 is 10.0 Å². The number of hydrogen-bond acceptors (Lipinski definition) is 4. The van der Waals surface area contributed by atoms with E-state index in [0.29, 0.717) is 16.5 Å². The molecule has 5 rings (SSSR count). The van der Waals surface area contributed by atoms with Crippen LogP contribution in [0.1, 0.15) is 24.8 Å². The predicted octanol–water partition coefficient (Wildman–Crippen LogP) is 4.14. The normalized spacial score (nSPS) is 19.9. The molecule has 150 valence electrons. The Hall–Kier alpha value is -2.57. The van der Waals surface area contributed by atoms with Gasteiger partial charge in [-0.05, 0) is 61.7 Å². The quantitative estimate of drug-likeness (QED) is 0.651. The smallest absolute Gasteiger partial charge is 0.268 e. The van der Waals surface area contributed by atoms with Gasteiger partial charge in [0.05, 0.1) is 17.5 Å². The zero-order valence-electron chi connectivity index (χ0n) is 16.4. The molecule has 0 N–H and O–H groups in total. The van der Waals surface area contributed by atoms with E-state index in [1.165, 1.54) is 22.4 Å². The van der Waals surface area contributed by atoms with Crippen molar-refractivity contribution in [3.8, 4) is 5.75 Å². The van der Waals surface area contributed by atoms with Crippen LogP contribution in [0.4, 0.5) is 0 Å². The topological polar surface area (TPSA) is 51.5 Å². The fourth-order valence-corrected chi connectivity index (χ4v) is 6.01. The first kappa shape index (κ1) is 18.5. The van der Waals surface area contributed by atoms with Crippen LogP contribution in [0.5, 0.6) is 5.75 Å². The molecule has 1 aromatic heterocycles. The molecule has 3 heterocycles. The molecule has 1 saturated heterocycles. The summed E-state index contributed by atoms with van der Waals surface area (Å²) in [7, 11) is -2.05. The largest absolute Gasteiger partial charge is 0.497 e. The fraction of sp³-hybridized carbons (Fsp3) is 0.304. The van der Waals surface area contributed by atoms with Gasteiger partial charge < -0.3 is 4.74 Å². The maximum Gasteiger partial charge on any atom is 0.268 e. The maximum absolute atomic E-state index is 13.4. The van der Waals surface area contributed by atoms with Crippen molar-refractivity contribution >= 4 is 26.5 Å². The van der Waals surface area contributed by atoms with Gasteiger partial charge in [-0.15, -0.1) is 0 Å². The Bertz CT molecular complexity index is 1200. The van der Waals surface area contributed by atoms with E-state index in [4.69, 9.17) is 4.74 Å². The van der Waals surface area contributed by atoms with E-state index in [9.17, 15) is 8.42 Å². The van der Waals surface area contributed by atoms with Crippen LogP contribution in [0, 0.1) is 0 Å². The standard InChI is InChI=1S/C23H24N2O3S/c1-28-19-9-10-23-21(15-19)22(17-11-13-24-12-5-6-18(24)14-17)16-25(23)29(26,27)20-7-3-2-4-8-20/h2-4,7-11,15-16,18H,5-6,12-14H2,1H3/t18-/m0/s1. The Morgan fingerprint density at radius 2 is 1.93 bits per heavy atom. The molecular weight excluding hydrogens is 384 g/mol. The van der Waals surface area contributed by atoms with Crippen molar-refractivity contribution in [3.05, 3.63) is 66.4 Å². The van der Waals surface area contributed by atoms with E-state index in [0.717, 1.165) is 36.2 Å². The highest BCUT2D eigenvalue weighted by Crippen LogP contribution is 2.38. The van der Waals surface area contributed by atoms with E-state index in [-0.39, 0.29) is 0 Å². The average molecular weight is 409 g/mol. The van der Waals surface area contributed by atoms with Gasteiger partial charge in [-0.1, -0.05) is 24.3 Å². The SMILES string of the molecule is COc1ccc2c(c1)c(C1=CCN3CCC[C@H]3C1)cn2S(=O)(=O)c1ccccc1. The third kappa shape index (κ3) is 3.07. The first-order valence-corrected chi connectivity index (χ1v) is 11.4. The second-order valence-corrected chi connectivity index (χ2v) is 9.58. The molecule has 0 saturated carbocycles. The van der Waals surface area contributed by atoms with Crippen molar-refractivity contribution in [2.45, 2.75) is 30.2 Å². The van der Waals surface area contributed by atoms with E-state index in [2.05, 4.69) is 11.0 Å². The van der Waals surface area contributed by atoms with E-state index in [1.54, 1.807) is 37.6 Å². The van der Waals surface area contributed by atoms with Crippen LogP contribution in [-0.2, 0) is 10.0 Å². The lowest BCUT2D eigenvalue weighted by Gasteiger charge is -2.29. The summed E-state index contributed by atoms with van der Waals surface area (Å²) in [4.78, 5) is 2.81. The zero-order chi connectivity index (χ0) is 20.0. The third-order valence-electron chi connectivity index (χ3n) is 6.15. The molecule has 2 aliphatic heterocycles. The Balaban J connectivity index is 1.69. The molecule has 0 amide bonds. The minimum Gasteiger partial charge on any atom is -0.497 e. The first-order valence-electron chi connectivity index (χ1n) is 10.0. The molecule has 5 nitrogen and oxygen atoms in total. The summed E-state index contributed by atoms with van der Waals surface area (Å²) in [6, 6.07) is 14.8. The van der Waals surface area contributed by atoms with Crippen molar-refractivity contribution in [2.75, 3.05) is 20.2 Å². The molecule has 0 spiro atoms. The Kier molecular flexibility index (Phi) is 4.48. The maximum atomic E-state index is 13.4. The number of aromatic nitrogens is 1. The number of benzene rings is 2. The molecule has 2 aliphatic rings. The molecule has 1 fully saturated rings. The summed E-state index contributed by atoms with van der Waals surface area (Å²) in [6.45, 7) is 2.09. The minimum atomic E-state index is -3.68. The third-order valence-corrected chi connectivity index (χ3v) is 7.84. The van der Waals surface area contributed by atoms with Crippen molar-refractivity contribution in [1.29, 1.82) is 0 Å². The van der Waals surface area contributed by atoms with Crippen molar-refractivity contribution < 1.29 is 13.2 Å². The summed E-state index contributed by atoms with van der Waals surface area (Å²) >= 11 is 0. The van der Waals surface area contributed by atoms with Gasteiger partial charge in [0.15, 0.2) is 0 Å². The first-order chi connectivity index (χ1) is 14.1. The van der Waals surface area contributed by atoms with Crippen LogP contribution in [0.2, 0.25) is 0 Å². The lowest BCUT2D eigenvalue weighted by molar-refractivity contribution is 0.275. The Labute approximate surface area is 171 Å². The van der Waals surface area contributed by atoms with Gasteiger partial charge in [0.1, 0.15) is 5.75 Å². The van der Waals surface area contributed by atoms with Crippen LogP contribution in [-0.4, -0.2) is 43.5 Å². The van der Waals surface area contributed by atoms with Gasteiger partial charge in [0.2, 0.25) is 0 Å². The zero-order valence-corrected chi connectivity index (χ0v) is 17.2. The predicted molar refractivity (Wildman–Crippen MR) is 115 cm³/mol. The van der Waals surface area contributed by atoms with Crippen LogP contribution in [0.15, 0.2) is 65.7 Å².